The van der Waals surface area contributed by atoms with Crippen molar-refractivity contribution in [1.82, 2.24) is 29.3 Å². The normalized spacial score (nSPS) is 12.2. The number of hydrogen-bond acceptors (Lipinski definition) is 4. The van der Waals surface area contributed by atoms with Crippen molar-refractivity contribution in [2.24, 2.45) is 0 Å². The number of nitrogens with zero attached hydrogens (tertiary/aromatic N) is 6. The van der Waals surface area contributed by atoms with Crippen molar-refractivity contribution in [3.8, 4) is 28.6 Å². The van der Waals surface area contributed by atoms with Gasteiger partial charge in [0.1, 0.15) is 5.69 Å². The second kappa shape index (κ2) is 5.35. The van der Waals surface area contributed by atoms with E-state index in [4.69, 9.17) is 10.1 Å². The molecule has 1 aliphatic rings. The molecule has 5 rings (SSSR count). The standard InChI is InChI=1S/C18H13BrN6/c1-11-16-9-25-18(22-17(23-25)14-4-2-3-7-20-14)13-8-12(19)5-6-15(13)24(16)10-21-11/h2-8,10H,9H2,1H3. The molecule has 3 aromatic heterocycles. The summed E-state index contributed by atoms with van der Waals surface area (Å²) >= 11 is 3.57. The molecule has 0 atom stereocenters. The number of aromatic nitrogens is 6. The van der Waals surface area contributed by atoms with Gasteiger partial charge in [0.15, 0.2) is 11.6 Å². The molecule has 0 N–H and O–H groups in total. The first-order valence-electron chi connectivity index (χ1n) is 7.90. The molecule has 122 valence electrons. The highest BCUT2D eigenvalue weighted by Gasteiger charge is 2.24. The van der Waals surface area contributed by atoms with Crippen LogP contribution in [0.15, 0.2) is 53.4 Å². The molecular formula is C18H13BrN6. The fourth-order valence-corrected chi connectivity index (χ4v) is 3.52. The van der Waals surface area contributed by atoms with Crippen LogP contribution < -0.4 is 0 Å². The van der Waals surface area contributed by atoms with Crippen LogP contribution in [0.1, 0.15) is 11.4 Å². The molecule has 7 heteroatoms. The van der Waals surface area contributed by atoms with Crippen molar-refractivity contribution in [2.75, 3.05) is 0 Å². The molecule has 1 aromatic carbocycles. The van der Waals surface area contributed by atoms with Gasteiger partial charge in [0, 0.05) is 16.2 Å². The van der Waals surface area contributed by atoms with Gasteiger partial charge in [0.25, 0.3) is 0 Å². The third kappa shape index (κ3) is 2.23. The quantitative estimate of drug-likeness (QED) is 0.437. The molecule has 6 nitrogen and oxygen atoms in total. The molecule has 0 aliphatic carbocycles. The Bertz CT molecular complexity index is 1100. The highest BCUT2D eigenvalue weighted by atomic mass is 79.9. The van der Waals surface area contributed by atoms with Crippen molar-refractivity contribution in [3.63, 3.8) is 0 Å². The number of rotatable bonds is 1. The maximum Gasteiger partial charge on any atom is 0.200 e. The average Bonchev–Trinajstić information content (AvgIpc) is 3.18. The Morgan fingerprint density at radius 2 is 2.04 bits per heavy atom. The molecule has 4 heterocycles. The molecule has 0 radical (unpaired) electrons. The van der Waals surface area contributed by atoms with Gasteiger partial charge in [-0.3, -0.25) is 4.98 Å². The second-order valence-electron chi connectivity index (χ2n) is 5.94. The Hall–Kier alpha value is -2.80. The van der Waals surface area contributed by atoms with Gasteiger partial charge in [-0.25, -0.2) is 14.6 Å². The fourth-order valence-electron chi connectivity index (χ4n) is 3.16. The van der Waals surface area contributed by atoms with Gasteiger partial charge in [-0.05, 0) is 37.3 Å². The summed E-state index contributed by atoms with van der Waals surface area (Å²) in [6, 6.07) is 11.9. The SMILES string of the molecule is Cc1ncn2c1Cn1nc(-c3ccccn3)nc1-c1cc(Br)ccc1-2. The Morgan fingerprint density at radius 1 is 1.12 bits per heavy atom. The molecule has 0 spiro atoms. The number of hydrogen-bond donors (Lipinski definition) is 0. The summed E-state index contributed by atoms with van der Waals surface area (Å²) < 4.78 is 5.05. The van der Waals surface area contributed by atoms with Gasteiger partial charge >= 0.3 is 0 Å². The van der Waals surface area contributed by atoms with Gasteiger partial charge in [0.2, 0.25) is 0 Å². The van der Waals surface area contributed by atoms with Crippen molar-refractivity contribution >= 4 is 15.9 Å². The molecule has 0 saturated heterocycles. The number of fused-ring (bicyclic) bond motifs is 5. The molecule has 0 saturated carbocycles. The van der Waals surface area contributed by atoms with Crippen LogP contribution in [0.4, 0.5) is 0 Å². The molecule has 0 amide bonds. The molecular weight excluding hydrogens is 380 g/mol. The summed E-state index contributed by atoms with van der Waals surface area (Å²) in [5.41, 5.74) is 4.94. The van der Waals surface area contributed by atoms with E-state index in [2.05, 4.69) is 42.6 Å². The van der Waals surface area contributed by atoms with Crippen molar-refractivity contribution in [2.45, 2.75) is 13.5 Å². The smallest absolute Gasteiger partial charge is 0.200 e. The summed E-state index contributed by atoms with van der Waals surface area (Å²) in [6.45, 7) is 2.64. The van der Waals surface area contributed by atoms with Crippen LogP contribution in [0.3, 0.4) is 0 Å². The van der Waals surface area contributed by atoms with Crippen molar-refractivity contribution in [1.29, 1.82) is 0 Å². The summed E-state index contributed by atoms with van der Waals surface area (Å²) in [7, 11) is 0. The van der Waals surface area contributed by atoms with Crippen LogP contribution in [0.2, 0.25) is 0 Å². The van der Waals surface area contributed by atoms with Crippen LogP contribution in [0.5, 0.6) is 0 Å². The van der Waals surface area contributed by atoms with Gasteiger partial charge in [-0.15, -0.1) is 5.10 Å². The third-order valence-electron chi connectivity index (χ3n) is 4.40. The largest absolute Gasteiger partial charge is 0.300 e. The summed E-state index contributed by atoms with van der Waals surface area (Å²) in [6.07, 6.45) is 3.62. The minimum atomic E-state index is 0.618. The Kier molecular flexibility index (Phi) is 3.11. The zero-order chi connectivity index (χ0) is 17.0. The minimum absolute atomic E-state index is 0.618. The monoisotopic (exact) mass is 392 g/mol. The van der Waals surface area contributed by atoms with Crippen LogP contribution in [-0.2, 0) is 6.54 Å². The molecule has 25 heavy (non-hydrogen) atoms. The molecule has 0 bridgehead atoms. The first-order valence-corrected chi connectivity index (χ1v) is 8.69. The number of aryl methyl sites for hydroxylation is 1. The van der Waals surface area contributed by atoms with E-state index in [0.717, 1.165) is 38.6 Å². The van der Waals surface area contributed by atoms with Crippen molar-refractivity contribution in [3.05, 3.63) is 64.8 Å². The van der Waals surface area contributed by atoms with E-state index >= 15 is 0 Å². The van der Waals surface area contributed by atoms with Gasteiger partial charge < -0.3 is 4.57 Å². The molecule has 0 fully saturated rings. The maximum absolute atomic E-state index is 4.79. The number of halogens is 1. The van der Waals surface area contributed by atoms with E-state index in [0.29, 0.717) is 12.4 Å². The number of benzene rings is 1. The highest BCUT2D eigenvalue weighted by molar-refractivity contribution is 9.10. The predicted molar refractivity (Wildman–Crippen MR) is 97.4 cm³/mol. The number of pyridine rings is 1. The van der Waals surface area contributed by atoms with Crippen LogP contribution in [-0.4, -0.2) is 29.3 Å². The van der Waals surface area contributed by atoms with Crippen molar-refractivity contribution < 1.29 is 0 Å². The lowest BCUT2D eigenvalue weighted by atomic mass is 10.1. The minimum Gasteiger partial charge on any atom is -0.300 e. The second-order valence-corrected chi connectivity index (χ2v) is 6.86. The van der Waals surface area contributed by atoms with E-state index in [1.807, 2.05) is 42.2 Å². The van der Waals surface area contributed by atoms with Gasteiger partial charge in [0.05, 0.1) is 29.9 Å². The highest BCUT2D eigenvalue weighted by Crippen LogP contribution is 2.34. The molecule has 4 aromatic rings. The lowest BCUT2D eigenvalue weighted by Gasteiger charge is -2.08. The van der Waals surface area contributed by atoms with Gasteiger partial charge in [-0.1, -0.05) is 22.0 Å². The predicted octanol–water partition coefficient (Wildman–Crippen LogP) is 3.63. The van der Waals surface area contributed by atoms with Gasteiger partial charge in [-0.2, -0.15) is 0 Å². The van der Waals surface area contributed by atoms with Crippen LogP contribution in [0.25, 0.3) is 28.6 Å². The molecule has 1 aliphatic heterocycles. The summed E-state index contributed by atoms with van der Waals surface area (Å²) in [5, 5.41) is 4.72. The zero-order valence-corrected chi connectivity index (χ0v) is 15.0. The maximum atomic E-state index is 4.79. The summed E-state index contributed by atoms with van der Waals surface area (Å²) in [5.74, 6) is 1.46. The zero-order valence-electron chi connectivity index (χ0n) is 13.4. The Balaban J connectivity index is 1.79. The first kappa shape index (κ1) is 14.5. The third-order valence-corrected chi connectivity index (χ3v) is 4.89. The Labute approximate surface area is 152 Å². The summed E-state index contributed by atoms with van der Waals surface area (Å²) in [4.78, 5) is 13.6. The van der Waals surface area contributed by atoms with E-state index in [9.17, 15) is 0 Å². The topological polar surface area (TPSA) is 61.4 Å². The van der Waals surface area contributed by atoms with Crippen LogP contribution >= 0.6 is 15.9 Å². The average molecular weight is 393 g/mol. The fraction of sp³-hybridized carbons (Fsp3) is 0.111. The van der Waals surface area contributed by atoms with E-state index < -0.39 is 0 Å². The molecule has 0 unspecified atom stereocenters. The van der Waals surface area contributed by atoms with Crippen LogP contribution in [0, 0.1) is 6.92 Å². The first-order chi connectivity index (χ1) is 12.2. The van der Waals surface area contributed by atoms with E-state index in [1.54, 1.807) is 6.20 Å². The van der Waals surface area contributed by atoms with E-state index in [1.165, 1.54) is 0 Å². The lowest BCUT2D eigenvalue weighted by Crippen LogP contribution is -2.05. The lowest BCUT2D eigenvalue weighted by molar-refractivity contribution is 0.675. The number of imidazole rings is 1. The Morgan fingerprint density at radius 3 is 2.88 bits per heavy atom. The van der Waals surface area contributed by atoms with E-state index in [-0.39, 0.29) is 0 Å².